The smallest absolute Gasteiger partial charge is 0.228 e. The fraction of sp³-hybridized carbons (Fsp3) is 0.742. The molecule has 1 N–H and O–H groups in total. The molecular formula is C31H46N2O2. The SMILES string of the molecule is C.CCOCC1CCC2C(CCC3C2CCC2(C)C(C(=O)Nc4ccc(C#N)cc4C)CCC32)C1. The molecule has 192 valence electrons. The molecule has 0 saturated heterocycles. The zero-order chi connectivity index (χ0) is 23.9. The molecule has 5 rings (SSSR count). The molecule has 0 aromatic heterocycles. The topological polar surface area (TPSA) is 62.1 Å². The van der Waals surface area contributed by atoms with Crippen LogP contribution in [0.5, 0.6) is 0 Å². The number of carbonyl (C=O) groups excluding carboxylic acids is 1. The molecule has 1 aromatic carbocycles. The summed E-state index contributed by atoms with van der Waals surface area (Å²) in [6, 6.07) is 7.74. The number of nitrogens with zero attached hydrogens (tertiary/aromatic N) is 1. The lowest BCUT2D eigenvalue weighted by Gasteiger charge is -2.56. The van der Waals surface area contributed by atoms with E-state index < -0.39 is 0 Å². The third-order valence-corrected chi connectivity index (χ3v) is 10.6. The van der Waals surface area contributed by atoms with E-state index >= 15 is 0 Å². The minimum Gasteiger partial charge on any atom is -0.381 e. The Labute approximate surface area is 213 Å². The van der Waals surface area contributed by atoms with Crippen LogP contribution in [-0.2, 0) is 9.53 Å². The maximum Gasteiger partial charge on any atom is 0.228 e. The highest BCUT2D eigenvalue weighted by Gasteiger charge is 2.58. The maximum absolute atomic E-state index is 13.5. The van der Waals surface area contributed by atoms with Crippen molar-refractivity contribution in [3.63, 3.8) is 0 Å². The normalized spacial score (nSPS) is 37.7. The monoisotopic (exact) mass is 478 g/mol. The van der Waals surface area contributed by atoms with Crippen LogP contribution in [0.4, 0.5) is 5.69 Å². The summed E-state index contributed by atoms with van der Waals surface area (Å²) in [5, 5.41) is 12.4. The third kappa shape index (κ3) is 4.78. The Morgan fingerprint density at radius 1 is 1.11 bits per heavy atom. The van der Waals surface area contributed by atoms with Crippen molar-refractivity contribution >= 4 is 11.6 Å². The number of benzene rings is 1. The summed E-state index contributed by atoms with van der Waals surface area (Å²) in [5.74, 6) is 5.29. The second kappa shape index (κ2) is 10.6. The molecule has 0 aliphatic heterocycles. The van der Waals surface area contributed by atoms with Crippen molar-refractivity contribution in [1.29, 1.82) is 5.26 Å². The van der Waals surface area contributed by atoms with Gasteiger partial charge >= 0.3 is 0 Å². The Kier molecular flexibility index (Phi) is 7.96. The van der Waals surface area contributed by atoms with Crippen LogP contribution in [0.25, 0.3) is 0 Å². The summed E-state index contributed by atoms with van der Waals surface area (Å²) in [7, 11) is 0. The van der Waals surface area contributed by atoms with E-state index in [0.717, 1.165) is 60.5 Å². The molecule has 4 heteroatoms. The van der Waals surface area contributed by atoms with Crippen LogP contribution in [0.1, 0.15) is 90.2 Å². The Morgan fingerprint density at radius 2 is 1.91 bits per heavy atom. The number of amides is 1. The van der Waals surface area contributed by atoms with Crippen molar-refractivity contribution in [1.82, 2.24) is 0 Å². The molecular weight excluding hydrogens is 432 g/mol. The Balaban J connectivity index is 0.00000289. The van der Waals surface area contributed by atoms with Crippen LogP contribution >= 0.6 is 0 Å². The van der Waals surface area contributed by atoms with Crippen molar-refractivity contribution < 1.29 is 9.53 Å². The zero-order valence-electron chi connectivity index (χ0n) is 21.3. The molecule has 8 unspecified atom stereocenters. The van der Waals surface area contributed by atoms with Crippen LogP contribution in [0.15, 0.2) is 18.2 Å². The van der Waals surface area contributed by atoms with E-state index in [1.807, 2.05) is 19.1 Å². The van der Waals surface area contributed by atoms with Crippen LogP contribution in [0.2, 0.25) is 0 Å². The number of carbonyl (C=O) groups is 1. The Bertz CT molecular complexity index is 952. The maximum atomic E-state index is 13.5. The predicted octanol–water partition coefficient (Wildman–Crippen LogP) is 7.36. The number of nitrogens with one attached hydrogen (secondary N) is 1. The van der Waals surface area contributed by atoms with Crippen molar-refractivity contribution in [3.8, 4) is 6.07 Å². The van der Waals surface area contributed by atoms with Gasteiger partial charge in [-0.2, -0.15) is 5.26 Å². The first-order valence-corrected chi connectivity index (χ1v) is 13.8. The molecule has 0 bridgehead atoms. The number of aryl methyl sites for hydroxylation is 1. The Hall–Kier alpha value is -1.86. The molecule has 0 radical (unpaired) electrons. The first-order chi connectivity index (χ1) is 16.4. The standard InChI is InChI=1S/C30H42N2O2.CH4/c1-4-34-18-21-5-8-23-22(16-21)7-9-25-24(23)13-14-30(3)26(25)10-11-27(30)29(33)32-28-12-6-20(17-31)15-19(28)2;/h6,12,15,21-27H,4-5,7-11,13-14,16,18H2,1-3H3,(H,32,33);1H4. The molecule has 0 heterocycles. The summed E-state index contributed by atoms with van der Waals surface area (Å²) in [6.45, 7) is 8.32. The molecule has 35 heavy (non-hydrogen) atoms. The zero-order valence-corrected chi connectivity index (χ0v) is 21.3. The fourth-order valence-electron chi connectivity index (χ4n) is 8.91. The number of anilines is 1. The van der Waals surface area contributed by atoms with E-state index in [-0.39, 0.29) is 24.7 Å². The van der Waals surface area contributed by atoms with E-state index in [9.17, 15) is 4.79 Å². The summed E-state index contributed by atoms with van der Waals surface area (Å²) in [5.41, 5.74) is 2.59. The highest BCUT2D eigenvalue weighted by Crippen LogP contribution is 2.64. The molecule has 4 aliphatic carbocycles. The van der Waals surface area contributed by atoms with Gasteiger partial charge < -0.3 is 10.1 Å². The molecule has 4 aliphatic rings. The first kappa shape index (κ1) is 26.2. The Morgan fingerprint density at radius 3 is 2.66 bits per heavy atom. The van der Waals surface area contributed by atoms with Crippen LogP contribution in [0, 0.1) is 65.1 Å². The molecule has 1 aromatic rings. The summed E-state index contributed by atoms with van der Waals surface area (Å²) in [6.07, 6.45) is 11.6. The lowest BCUT2D eigenvalue weighted by Crippen LogP contribution is -2.50. The molecule has 4 saturated carbocycles. The number of hydrogen-bond acceptors (Lipinski definition) is 3. The first-order valence-electron chi connectivity index (χ1n) is 13.8. The second-order valence-corrected chi connectivity index (χ2v) is 12.1. The summed E-state index contributed by atoms with van der Waals surface area (Å²) in [4.78, 5) is 13.5. The lowest BCUT2D eigenvalue weighted by atomic mass is 9.49. The van der Waals surface area contributed by atoms with Gasteiger partial charge in [-0.15, -0.1) is 0 Å². The van der Waals surface area contributed by atoms with E-state index in [1.54, 1.807) is 6.07 Å². The third-order valence-electron chi connectivity index (χ3n) is 10.6. The average molecular weight is 479 g/mol. The van der Waals surface area contributed by atoms with Crippen molar-refractivity contribution in [2.24, 2.45) is 46.8 Å². The van der Waals surface area contributed by atoms with Gasteiger partial charge in [0.05, 0.1) is 11.6 Å². The number of ether oxygens (including phenoxy) is 1. The quantitative estimate of drug-likeness (QED) is 0.481. The largest absolute Gasteiger partial charge is 0.381 e. The minimum atomic E-state index is 0. The highest BCUT2D eigenvalue weighted by atomic mass is 16.5. The van der Waals surface area contributed by atoms with E-state index in [1.165, 1.54) is 51.4 Å². The van der Waals surface area contributed by atoms with Crippen LogP contribution in [-0.4, -0.2) is 19.1 Å². The van der Waals surface area contributed by atoms with Gasteiger partial charge in [-0.1, -0.05) is 14.4 Å². The van der Waals surface area contributed by atoms with Gasteiger partial charge in [0.2, 0.25) is 5.91 Å². The van der Waals surface area contributed by atoms with Gasteiger partial charge in [-0.3, -0.25) is 4.79 Å². The molecule has 8 atom stereocenters. The van der Waals surface area contributed by atoms with Crippen molar-refractivity contribution in [3.05, 3.63) is 29.3 Å². The number of hydrogen-bond donors (Lipinski definition) is 1. The van der Waals surface area contributed by atoms with Gasteiger partial charge in [0.1, 0.15) is 0 Å². The summed E-state index contributed by atoms with van der Waals surface area (Å²) < 4.78 is 5.77. The van der Waals surface area contributed by atoms with Gasteiger partial charge in [-0.25, -0.2) is 0 Å². The number of rotatable bonds is 5. The molecule has 0 spiro atoms. The second-order valence-electron chi connectivity index (χ2n) is 12.1. The average Bonchev–Trinajstić information content (AvgIpc) is 3.21. The molecule has 1 amide bonds. The highest BCUT2D eigenvalue weighted by molar-refractivity contribution is 5.94. The summed E-state index contributed by atoms with van der Waals surface area (Å²) >= 11 is 0. The van der Waals surface area contributed by atoms with Gasteiger partial charge in [-0.05, 0) is 136 Å². The molecule has 4 nitrogen and oxygen atoms in total. The van der Waals surface area contributed by atoms with Crippen molar-refractivity contribution in [2.45, 2.75) is 86.0 Å². The lowest BCUT2D eigenvalue weighted by molar-refractivity contribution is -0.127. The molecule has 4 fully saturated rings. The number of fused-ring (bicyclic) bond motifs is 5. The van der Waals surface area contributed by atoms with E-state index in [0.29, 0.717) is 11.5 Å². The van der Waals surface area contributed by atoms with E-state index in [4.69, 9.17) is 10.00 Å². The van der Waals surface area contributed by atoms with Gasteiger partial charge in [0.15, 0.2) is 0 Å². The van der Waals surface area contributed by atoms with E-state index in [2.05, 4.69) is 25.2 Å². The van der Waals surface area contributed by atoms with Crippen molar-refractivity contribution in [2.75, 3.05) is 18.5 Å². The van der Waals surface area contributed by atoms with Crippen LogP contribution in [0.3, 0.4) is 0 Å². The van der Waals surface area contributed by atoms with Gasteiger partial charge in [0, 0.05) is 24.8 Å². The van der Waals surface area contributed by atoms with Gasteiger partial charge in [0.25, 0.3) is 0 Å². The number of nitriles is 1. The predicted molar refractivity (Wildman–Crippen MR) is 142 cm³/mol. The minimum absolute atomic E-state index is 0. The fourth-order valence-corrected chi connectivity index (χ4v) is 8.91. The van der Waals surface area contributed by atoms with Crippen LogP contribution < -0.4 is 5.32 Å².